The number of halogens is 2. The van der Waals surface area contributed by atoms with Crippen LogP contribution >= 0.6 is 22.9 Å². The molecule has 0 atom stereocenters. The first-order valence-corrected chi connectivity index (χ1v) is 10.3. The van der Waals surface area contributed by atoms with Crippen molar-refractivity contribution in [3.8, 4) is 11.4 Å². The van der Waals surface area contributed by atoms with Crippen molar-refractivity contribution >= 4 is 39.8 Å². The lowest BCUT2D eigenvalue weighted by Gasteiger charge is -2.11. The minimum atomic E-state index is -1.27. The average molecular weight is 461 g/mol. The summed E-state index contributed by atoms with van der Waals surface area (Å²) in [7, 11) is 0. The molecular weight excluding hydrogens is 447 g/mol. The van der Waals surface area contributed by atoms with Gasteiger partial charge in [0.25, 0.3) is 5.56 Å². The largest absolute Gasteiger partial charge is 0.493 e. The van der Waals surface area contributed by atoms with Crippen LogP contribution in [-0.4, -0.2) is 27.2 Å². The van der Waals surface area contributed by atoms with Crippen LogP contribution in [0.1, 0.15) is 15.2 Å². The van der Waals surface area contributed by atoms with Gasteiger partial charge in [0.15, 0.2) is 0 Å². The van der Waals surface area contributed by atoms with E-state index in [1.54, 1.807) is 24.3 Å². The lowest BCUT2D eigenvalue weighted by atomic mass is 10.1. The van der Waals surface area contributed by atoms with Crippen LogP contribution in [0.25, 0.3) is 16.6 Å². The summed E-state index contributed by atoms with van der Waals surface area (Å²) in [5, 5.41) is 10.7. The maximum Gasteiger partial charge on any atom is 0.346 e. The Hall–Kier alpha value is -3.43. The molecule has 0 aliphatic heterocycles. The SMILES string of the molecule is O=C(O)c1scc2[nH]c(=O)n(-c3cc(OCCc4ccccc4F)ccc3Cl)c(=O)c12. The van der Waals surface area contributed by atoms with Crippen molar-refractivity contribution in [1.29, 1.82) is 0 Å². The van der Waals surface area contributed by atoms with Gasteiger partial charge < -0.3 is 14.8 Å². The molecule has 0 bridgehead atoms. The van der Waals surface area contributed by atoms with Gasteiger partial charge in [0, 0.05) is 17.9 Å². The average Bonchev–Trinajstić information content (AvgIpc) is 3.16. The fourth-order valence-corrected chi connectivity index (χ4v) is 4.18. The number of hydrogen-bond donors (Lipinski definition) is 2. The zero-order chi connectivity index (χ0) is 22.1. The number of aromatic carboxylic acids is 1. The Kier molecular flexibility index (Phi) is 5.62. The molecule has 2 aromatic heterocycles. The number of nitrogens with zero attached hydrogens (tertiary/aromatic N) is 1. The van der Waals surface area contributed by atoms with Crippen LogP contribution in [0, 0.1) is 5.82 Å². The molecule has 10 heteroatoms. The number of ether oxygens (including phenoxy) is 1. The van der Waals surface area contributed by atoms with Crippen molar-refractivity contribution in [3.05, 3.63) is 90.0 Å². The van der Waals surface area contributed by atoms with Crippen molar-refractivity contribution < 1.29 is 19.0 Å². The molecule has 0 aliphatic rings. The Bertz CT molecular complexity index is 1430. The van der Waals surface area contributed by atoms with E-state index < -0.39 is 17.2 Å². The number of fused-ring (bicyclic) bond motifs is 1. The summed E-state index contributed by atoms with van der Waals surface area (Å²) in [5.41, 5.74) is -0.892. The second-order valence-corrected chi connectivity index (χ2v) is 7.82. The fraction of sp³-hybridized carbons (Fsp3) is 0.0952. The standard InChI is InChI=1S/C21H14ClFN2O5S/c22-13-6-5-12(30-8-7-11-3-1-2-4-14(11)23)9-16(13)25-19(26)17-15(24-21(25)29)10-31-18(17)20(27)28/h1-6,9-10H,7-8H2,(H,24,29)(H,27,28). The maximum atomic E-state index is 13.7. The summed E-state index contributed by atoms with van der Waals surface area (Å²) in [6, 6.07) is 10.7. The van der Waals surface area contributed by atoms with E-state index in [1.807, 2.05) is 0 Å². The van der Waals surface area contributed by atoms with Crippen LogP contribution in [0.2, 0.25) is 5.02 Å². The lowest BCUT2D eigenvalue weighted by molar-refractivity contribution is 0.0704. The molecule has 158 valence electrons. The second kappa shape index (κ2) is 8.37. The normalized spacial score (nSPS) is 11.0. The molecule has 4 rings (SSSR count). The molecule has 0 radical (unpaired) electrons. The predicted octanol–water partition coefficient (Wildman–Crippen LogP) is 3.85. The molecule has 2 heterocycles. The van der Waals surface area contributed by atoms with Gasteiger partial charge >= 0.3 is 11.7 Å². The zero-order valence-corrected chi connectivity index (χ0v) is 17.3. The zero-order valence-electron chi connectivity index (χ0n) is 15.7. The van der Waals surface area contributed by atoms with Gasteiger partial charge in [-0.15, -0.1) is 11.3 Å². The predicted molar refractivity (Wildman–Crippen MR) is 116 cm³/mol. The molecule has 4 aromatic rings. The van der Waals surface area contributed by atoms with Crippen molar-refractivity contribution in [2.45, 2.75) is 6.42 Å². The highest BCUT2D eigenvalue weighted by molar-refractivity contribution is 7.13. The van der Waals surface area contributed by atoms with Gasteiger partial charge in [0.1, 0.15) is 16.4 Å². The van der Waals surface area contributed by atoms with Gasteiger partial charge in [-0.05, 0) is 23.8 Å². The number of rotatable bonds is 6. The number of carbonyl (C=O) groups is 1. The summed E-state index contributed by atoms with van der Waals surface area (Å²) in [4.78, 5) is 39.3. The first kappa shape index (κ1) is 20.8. The summed E-state index contributed by atoms with van der Waals surface area (Å²) >= 11 is 7.07. The van der Waals surface area contributed by atoms with Crippen LogP contribution in [0.5, 0.6) is 5.75 Å². The number of hydrogen-bond acceptors (Lipinski definition) is 5. The van der Waals surface area contributed by atoms with Crippen LogP contribution in [0.3, 0.4) is 0 Å². The monoisotopic (exact) mass is 460 g/mol. The first-order valence-electron chi connectivity index (χ1n) is 9.03. The van der Waals surface area contributed by atoms with E-state index in [2.05, 4.69) is 4.98 Å². The second-order valence-electron chi connectivity index (χ2n) is 6.53. The van der Waals surface area contributed by atoms with E-state index in [1.165, 1.54) is 23.6 Å². The molecule has 31 heavy (non-hydrogen) atoms. The number of aromatic nitrogens is 2. The van der Waals surface area contributed by atoms with Gasteiger partial charge in [0.05, 0.1) is 28.2 Å². The van der Waals surface area contributed by atoms with Crippen molar-refractivity contribution in [2.75, 3.05) is 6.61 Å². The maximum absolute atomic E-state index is 13.7. The van der Waals surface area contributed by atoms with E-state index >= 15 is 0 Å². The minimum absolute atomic E-state index is 0.0424. The molecule has 0 fully saturated rings. The Morgan fingerprint density at radius 3 is 2.74 bits per heavy atom. The number of thiophene rings is 1. The Morgan fingerprint density at radius 2 is 2.00 bits per heavy atom. The van der Waals surface area contributed by atoms with E-state index in [0.717, 1.165) is 15.9 Å². The van der Waals surface area contributed by atoms with Crippen molar-refractivity contribution in [2.24, 2.45) is 0 Å². The lowest BCUT2D eigenvalue weighted by Crippen LogP contribution is -2.34. The fourth-order valence-electron chi connectivity index (χ4n) is 3.15. The molecule has 0 spiro atoms. The smallest absolute Gasteiger partial charge is 0.346 e. The summed E-state index contributed by atoms with van der Waals surface area (Å²) in [5.74, 6) is -1.29. The van der Waals surface area contributed by atoms with Crippen molar-refractivity contribution in [1.82, 2.24) is 9.55 Å². The van der Waals surface area contributed by atoms with E-state index in [4.69, 9.17) is 16.3 Å². The van der Waals surface area contributed by atoms with E-state index in [9.17, 15) is 23.9 Å². The number of aromatic amines is 1. The minimum Gasteiger partial charge on any atom is -0.493 e. The highest BCUT2D eigenvalue weighted by Gasteiger charge is 2.20. The highest BCUT2D eigenvalue weighted by Crippen LogP contribution is 2.26. The molecule has 0 saturated heterocycles. The van der Waals surface area contributed by atoms with Gasteiger partial charge in [0.2, 0.25) is 0 Å². The first-order chi connectivity index (χ1) is 14.9. The van der Waals surface area contributed by atoms with Gasteiger partial charge in [-0.1, -0.05) is 29.8 Å². The number of nitrogens with one attached hydrogen (secondary N) is 1. The quantitative estimate of drug-likeness (QED) is 0.455. The van der Waals surface area contributed by atoms with Gasteiger partial charge in [-0.3, -0.25) is 4.79 Å². The third kappa shape index (κ3) is 3.97. The van der Waals surface area contributed by atoms with Crippen LogP contribution in [0.4, 0.5) is 4.39 Å². The Labute approximate surface area is 182 Å². The third-order valence-corrected chi connectivity index (χ3v) is 5.89. The molecule has 7 nitrogen and oxygen atoms in total. The van der Waals surface area contributed by atoms with Crippen LogP contribution in [-0.2, 0) is 6.42 Å². The van der Waals surface area contributed by atoms with Gasteiger partial charge in [-0.25, -0.2) is 18.5 Å². The topological polar surface area (TPSA) is 101 Å². The molecule has 2 N–H and O–H groups in total. The Morgan fingerprint density at radius 1 is 1.23 bits per heavy atom. The molecule has 0 amide bonds. The molecule has 2 aromatic carbocycles. The van der Waals surface area contributed by atoms with Crippen molar-refractivity contribution in [3.63, 3.8) is 0 Å². The molecular formula is C21H14ClFN2O5S. The number of benzene rings is 2. The van der Waals surface area contributed by atoms with E-state index in [-0.39, 0.29) is 38.9 Å². The Balaban J connectivity index is 1.70. The van der Waals surface area contributed by atoms with Crippen LogP contribution < -0.4 is 16.0 Å². The molecule has 0 aliphatic carbocycles. The van der Waals surface area contributed by atoms with E-state index in [0.29, 0.717) is 17.7 Å². The van der Waals surface area contributed by atoms with Gasteiger partial charge in [-0.2, -0.15) is 0 Å². The number of carboxylic acid groups (broad SMARTS) is 1. The molecule has 0 unspecified atom stereocenters. The highest BCUT2D eigenvalue weighted by atomic mass is 35.5. The van der Waals surface area contributed by atoms with Crippen LogP contribution in [0.15, 0.2) is 57.4 Å². The summed E-state index contributed by atoms with van der Waals surface area (Å²) in [6.07, 6.45) is 0.313. The molecule has 0 saturated carbocycles. The number of H-pyrrole nitrogens is 1. The number of carboxylic acids is 1. The summed E-state index contributed by atoms with van der Waals surface area (Å²) in [6.45, 7) is 0.153. The third-order valence-electron chi connectivity index (χ3n) is 4.60. The summed E-state index contributed by atoms with van der Waals surface area (Å²) < 4.78 is 20.2.